The molecule has 0 saturated heterocycles. The van der Waals surface area contributed by atoms with E-state index in [1.54, 1.807) is 12.1 Å². The largest absolute Gasteiger partial charge is 0.494 e. The van der Waals surface area contributed by atoms with Gasteiger partial charge in [0.05, 0.1) is 28.3 Å². The van der Waals surface area contributed by atoms with Crippen LogP contribution in [0.2, 0.25) is 0 Å². The molecule has 10 heteroatoms. The number of amides is 1. The van der Waals surface area contributed by atoms with E-state index in [0.717, 1.165) is 21.1 Å². The molecule has 0 saturated carbocycles. The molecule has 8 nitrogen and oxygen atoms in total. The van der Waals surface area contributed by atoms with Gasteiger partial charge in [-0.15, -0.1) is 0 Å². The van der Waals surface area contributed by atoms with Crippen molar-refractivity contribution in [3.63, 3.8) is 0 Å². The topological polar surface area (TPSA) is 104 Å². The van der Waals surface area contributed by atoms with Crippen molar-refractivity contribution in [3.8, 4) is 5.75 Å². The molecule has 2 N–H and O–H groups in total. The van der Waals surface area contributed by atoms with E-state index >= 15 is 0 Å². The van der Waals surface area contributed by atoms with E-state index in [1.807, 2.05) is 25.1 Å². The van der Waals surface area contributed by atoms with Crippen LogP contribution in [0.3, 0.4) is 0 Å². The zero-order valence-electron chi connectivity index (χ0n) is 16.3. The minimum Gasteiger partial charge on any atom is -0.494 e. The molecule has 2 aromatic carbocycles. The number of fused-ring (bicyclic) bond motifs is 1. The lowest BCUT2D eigenvalue weighted by Gasteiger charge is -2.12. The summed E-state index contributed by atoms with van der Waals surface area (Å²) >= 11 is 1.26. The molecule has 0 atom stereocenters. The Balaban J connectivity index is 1.64. The van der Waals surface area contributed by atoms with E-state index in [0.29, 0.717) is 17.5 Å². The number of rotatable bonds is 8. The fourth-order valence-corrected chi connectivity index (χ4v) is 4.20. The normalized spacial score (nSPS) is 11.7. The van der Waals surface area contributed by atoms with E-state index in [-0.39, 0.29) is 16.6 Å². The summed E-state index contributed by atoms with van der Waals surface area (Å²) in [5, 5.41) is 3.34. The average molecular weight is 435 g/mol. The van der Waals surface area contributed by atoms with Gasteiger partial charge in [-0.3, -0.25) is 4.79 Å². The first-order valence-electron chi connectivity index (χ1n) is 8.87. The highest BCUT2D eigenvalue weighted by molar-refractivity contribution is 7.99. The summed E-state index contributed by atoms with van der Waals surface area (Å²) in [6.07, 6.45) is 0. The molecular formula is C19H22N4O4S2. The maximum Gasteiger partial charge on any atom is 0.242 e. The number of nitrogens with zero attached hydrogens (tertiary/aromatic N) is 2. The maximum absolute atomic E-state index is 12.3. The van der Waals surface area contributed by atoms with Crippen molar-refractivity contribution < 1.29 is 17.9 Å². The summed E-state index contributed by atoms with van der Waals surface area (Å²) in [6.45, 7) is 2.50. The molecule has 0 aliphatic rings. The van der Waals surface area contributed by atoms with Crippen molar-refractivity contribution in [2.24, 2.45) is 0 Å². The Morgan fingerprint density at radius 1 is 1.24 bits per heavy atom. The highest BCUT2D eigenvalue weighted by atomic mass is 32.2. The van der Waals surface area contributed by atoms with E-state index in [9.17, 15) is 13.2 Å². The van der Waals surface area contributed by atoms with Crippen molar-refractivity contribution in [1.82, 2.24) is 14.3 Å². The lowest BCUT2D eigenvalue weighted by Crippen LogP contribution is -2.22. The van der Waals surface area contributed by atoms with Crippen LogP contribution in [0.4, 0.5) is 5.69 Å². The molecule has 0 bridgehead atoms. The van der Waals surface area contributed by atoms with Crippen LogP contribution in [0.5, 0.6) is 5.75 Å². The van der Waals surface area contributed by atoms with Gasteiger partial charge in [0.1, 0.15) is 5.75 Å². The van der Waals surface area contributed by atoms with Crippen LogP contribution >= 0.6 is 11.8 Å². The maximum atomic E-state index is 12.3. The molecule has 1 heterocycles. The fraction of sp³-hybridized carbons (Fsp3) is 0.263. The van der Waals surface area contributed by atoms with E-state index < -0.39 is 10.0 Å². The first-order chi connectivity index (χ1) is 13.8. The summed E-state index contributed by atoms with van der Waals surface area (Å²) < 4.78 is 31.0. The molecule has 1 aromatic heterocycles. The van der Waals surface area contributed by atoms with Gasteiger partial charge >= 0.3 is 0 Å². The number of carbonyl (C=O) groups is 1. The van der Waals surface area contributed by atoms with Gasteiger partial charge in [0, 0.05) is 25.8 Å². The summed E-state index contributed by atoms with van der Waals surface area (Å²) in [5.74, 6) is 0.623. The molecule has 29 heavy (non-hydrogen) atoms. The Kier molecular flexibility index (Phi) is 6.46. The van der Waals surface area contributed by atoms with Gasteiger partial charge in [0.25, 0.3) is 0 Å². The highest BCUT2D eigenvalue weighted by Gasteiger charge is 2.17. The third-order valence-corrected chi connectivity index (χ3v) is 6.66. The quantitative estimate of drug-likeness (QED) is 0.528. The second-order valence-electron chi connectivity index (χ2n) is 6.31. The third kappa shape index (κ3) is 5.08. The molecule has 0 unspecified atom stereocenters. The number of carbonyl (C=O) groups excluding carboxylic acids is 1. The van der Waals surface area contributed by atoms with Gasteiger partial charge in [-0.05, 0) is 37.3 Å². The molecule has 3 aromatic rings. The fourth-order valence-electron chi connectivity index (χ4n) is 2.57. The van der Waals surface area contributed by atoms with Gasteiger partial charge in [0.2, 0.25) is 15.9 Å². The van der Waals surface area contributed by atoms with Crippen molar-refractivity contribution >= 4 is 44.4 Å². The van der Waals surface area contributed by atoms with Gasteiger partial charge in [-0.25, -0.2) is 17.7 Å². The average Bonchev–Trinajstić information content (AvgIpc) is 3.09. The van der Waals surface area contributed by atoms with Crippen molar-refractivity contribution in [2.75, 3.05) is 31.8 Å². The predicted octanol–water partition coefficient (Wildman–Crippen LogP) is 2.94. The molecule has 1 amide bonds. The van der Waals surface area contributed by atoms with Crippen molar-refractivity contribution in [3.05, 3.63) is 42.5 Å². The molecule has 0 fully saturated rings. The number of sulfonamides is 1. The van der Waals surface area contributed by atoms with Gasteiger partial charge in [-0.1, -0.05) is 17.8 Å². The number of imidazole rings is 1. The smallest absolute Gasteiger partial charge is 0.242 e. The number of benzene rings is 2. The predicted molar refractivity (Wildman–Crippen MR) is 114 cm³/mol. The SMILES string of the molecule is CCOc1ccc2nc(SCC(=O)Nc3cccc(S(=O)(=O)N(C)C)c3)[nH]c2c1. The Morgan fingerprint density at radius 2 is 2.03 bits per heavy atom. The monoisotopic (exact) mass is 434 g/mol. The minimum atomic E-state index is -3.56. The van der Waals surface area contributed by atoms with Crippen molar-refractivity contribution in [2.45, 2.75) is 17.0 Å². The van der Waals surface area contributed by atoms with Crippen molar-refractivity contribution in [1.29, 1.82) is 0 Å². The van der Waals surface area contributed by atoms with Crippen LogP contribution < -0.4 is 10.1 Å². The minimum absolute atomic E-state index is 0.121. The standard InChI is InChI=1S/C19H22N4O4S2/c1-4-27-14-8-9-16-17(11-14)22-19(21-16)28-12-18(24)20-13-6-5-7-15(10-13)29(25,26)23(2)3/h5-11H,4,12H2,1-3H3,(H,20,24)(H,21,22). The Hall–Kier alpha value is -2.56. The summed E-state index contributed by atoms with van der Waals surface area (Å²) in [5.41, 5.74) is 2.04. The van der Waals surface area contributed by atoms with Crippen LogP contribution in [0.15, 0.2) is 52.5 Å². The lowest BCUT2D eigenvalue weighted by atomic mass is 10.3. The first-order valence-corrected chi connectivity index (χ1v) is 11.3. The molecule has 0 aliphatic heterocycles. The first kappa shape index (κ1) is 21.2. The molecular weight excluding hydrogens is 412 g/mol. The van der Waals surface area contributed by atoms with E-state index in [2.05, 4.69) is 15.3 Å². The number of anilines is 1. The Morgan fingerprint density at radius 3 is 2.76 bits per heavy atom. The molecule has 154 valence electrons. The van der Waals surface area contributed by atoms with Gasteiger partial charge in [0.15, 0.2) is 5.16 Å². The van der Waals surface area contributed by atoms with Gasteiger partial charge < -0.3 is 15.0 Å². The zero-order chi connectivity index (χ0) is 21.0. The van der Waals surface area contributed by atoms with Crippen LogP contribution in [0.1, 0.15) is 6.92 Å². The van der Waals surface area contributed by atoms with E-state index in [4.69, 9.17) is 4.74 Å². The summed E-state index contributed by atoms with van der Waals surface area (Å²) in [4.78, 5) is 20.0. The summed E-state index contributed by atoms with van der Waals surface area (Å²) in [7, 11) is -0.641. The summed E-state index contributed by atoms with van der Waals surface area (Å²) in [6, 6.07) is 11.7. The van der Waals surface area contributed by atoms with Crippen LogP contribution in [-0.4, -0.2) is 55.1 Å². The number of aromatic amines is 1. The Labute approximate surface area is 173 Å². The Bertz CT molecular complexity index is 1130. The highest BCUT2D eigenvalue weighted by Crippen LogP contribution is 2.24. The number of ether oxygens (including phenoxy) is 1. The number of hydrogen-bond donors (Lipinski definition) is 2. The van der Waals surface area contributed by atoms with E-state index in [1.165, 1.54) is 38.0 Å². The molecule has 0 aliphatic carbocycles. The molecule has 0 spiro atoms. The number of thioether (sulfide) groups is 1. The number of aromatic nitrogens is 2. The van der Waals surface area contributed by atoms with Crippen LogP contribution in [0.25, 0.3) is 11.0 Å². The number of H-pyrrole nitrogens is 1. The second kappa shape index (κ2) is 8.85. The van der Waals surface area contributed by atoms with Crippen LogP contribution in [0, 0.1) is 0 Å². The van der Waals surface area contributed by atoms with Crippen LogP contribution in [-0.2, 0) is 14.8 Å². The zero-order valence-corrected chi connectivity index (χ0v) is 17.9. The molecule has 3 rings (SSSR count). The van der Waals surface area contributed by atoms with Gasteiger partial charge in [-0.2, -0.15) is 0 Å². The lowest BCUT2D eigenvalue weighted by molar-refractivity contribution is -0.113. The third-order valence-electron chi connectivity index (χ3n) is 3.98. The number of hydrogen-bond acceptors (Lipinski definition) is 6. The molecule has 0 radical (unpaired) electrons. The number of nitrogens with one attached hydrogen (secondary N) is 2. The second-order valence-corrected chi connectivity index (χ2v) is 9.42.